The van der Waals surface area contributed by atoms with Crippen molar-refractivity contribution in [3.8, 4) is 0 Å². The van der Waals surface area contributed by atoms with Gasteiger partial charge in [-0.2, -0.15) is 0 Å². The Balaban J connectivity index is 1.69. The summed E-state index contributed by atoms with van der Waals surface area (Å²) in [6.45, 7) is 0. The first kappa shape index (κ1) is 14.9. The van der Waals surface area contributed by atoms with Crippen molar-refractivity contribution in [2.24, 2.45) is 11.5 Å². The normalized spacial score (nSPS) is 13.9. The van der Waals surface area contributed by atoms with Crippen LogP contribution in [0, 0.1) is 0 Å². The second kappa shape index (κ2) is 6.08. The van der Waals surface area contributed by atoms with Crippen LogP contribution < -0.4 is 11.5 Å². The topological polar surface area (TPSA) is 52.0 Å². The highest BCUT2D eigenvalue weighted by Crippen LogP contribution is 2.29. The van der Waals surface area contributed by atoms with Gasteiger partial charge in [0.15, 0.2) is 0 Å². The minimum Gasteiger partial charge on any atom is -0.322 e. The average Bonchev–Trinajstić information content (AvgIpc) is 2.66. The first-order valence-electron chi connectivity index (χ1n) is 8.21. The zero-order valence-electron chi connectivity index (χ0n) is 13.4. The van der Waals surface area contributed by atoms with E-state index in [1.807, 2.05) is 24.3 Å². The highest BCUT2D eigenvalue weighted by atomic mass is 14.8. The van der Waals surface area contributed by atoms with Crippen LogP contribution in [0.4, 0.5) is 0 Å². The second-order valence-corrected chi connectivity index (χ2v) is 6.26. The molecule has 118 valence electrons. The molecular weight excluding hydrogens is 292 g/mol. The van der Waals surface area contributed by atoms with Crippen molar-refractivity contribution in [3.05, 3.63) is 96.1 Å². The van der Waals surface area contributed by atoms with Gasteiger partial charge >= 0.3 is 0 Å². The molecule has 0 radical (unpaired) electrons. The van der Waals surface area contributed by atoms with Gasteiger partial charge < -0.3 is 11.5 Å². The van der Waals surface area contributed by atoms with E-state index in [-0.39, 0.29) is 12.1 Å². The monoisotopic (exact) mass is 312 g/mol. The maximum absolute atomic E-state index is 6.48. The summed E-state index contributed by atoms with van der Waals surface area (Å²) in [6.07, 6.45) is 0. The Kier molecular flexibility index (Phi) is 3.77. The number of hydrogen-bond donors (Lipinski definition) is 2. The van der Waals surface area contributed by atoms with E-state index >= 15 is 0 Å². The van der Waals surface area contributed by atoms with Crippen molar-refractivity contribution in [1.29, 1.82) is 0 Å². The van der Waals surface area contributed by atoms with Crippen molar-refractivity contribution in [2.45, 2.75) is 12.1 Å². The lowest BCUT2D eigenvalue weighted by Crippen LogP contribution is -2.26. The minimum atomic E-state index is -0.240. The Morgan fingerprint density at radius 3 is 1.25 bits per heavy atom. The molecule has 4 aromatic carbocycles. The van der Waals surface area contributed by atoms with Crippen LogP contribution in [0.1, 0.15) is 23.2 Å². The van der Waals surface area contributed by atoms with Gasteiger partial charge in [-0.15, -0.1) is 0 Å². The third-order valence-electron chi connectivity index (χ3n) is 4.70. The molecule has 4 N–H and O–H groups in total. The Labute approximate surface area is 141 Å². The first-order valence-corrected chi connectivity index (χ1v) is 8.21. The predicted molar refractivity (Wildman–Crippen MR) is 102 cm³/mol. The highest BCUT2D eigenvalue weighted by Gasteiger charge is 2.18. The van der Waals surface area contributed by atoms with Crippen molar-refractivity contribution >= 4 is 21.5 Å². The van der Waals surface area contributed by atoms with Crippen LogP contribution in [0.25, 0.3) is 21.5 Å². The van der Waals surface area contributed by atoms with Gasteiger partial charge in [0.1, 0.15) is 0 Å². The van der Waals surface area contributed by atoms with Gasteiger partial charge in [-0.25, -0.2) is 0 Å². The molecule has 2 unspecified atom stereocenters. The second-order valence-electron chi connectivity index (χ2n) is 6.26. The number of nitrogens with two attached hydrogens (primary N) is 2. The van der Waals surface area contributed by atoms with Crippen molar-refractivity contribution in [3.63, 3.8) is 0 Å². The molecule has 0 saturated heterocycles. The van der Waals surface area contributed by atoms with E-state index in [1.165, 1.54) is 21.5 Å². The fourth-order valence-corrected chi connectivity index (χ4v) is 3.24. The van der Waals surface area contributed by atoms with Crippen LogP contribution in [-0.4, -0.2) is 0 Å². The quantitative estimate of drug-likeness (QED) is 0.576. The van der Waals surface area contributed by atoms with Crippen LogP contribution in [0.15, 0.2) is 84.9 Å². The Morgan fingerprint density at radius 1 is 0.458 bits per heavy atom. The van der Waals surface area contributed by atoms with E-state index in [2.05, 4.69) is 60.7 Å². The summed E-state index contributed by atoms with van der Waals surface area (Å²) < 4.78 is 0. The minimum absolute atomic E-state index is 0.240. The highest BCUT2D eigenvalue weighted by molar-refractivity contribution is 5.84. The lowest BCUT2D eigenvalue weighted by molar-refractivity contribution is 0.575. The molecule has 0 amide bonds. The Bertz CT molecular complexity index is 923. The lowest BCUT2D eigenvalue weighted by atomic mass is 9.92. The van der Waals surface area contributed by atoms with E-state index in [4.69, 9.17) is 11.5 Å². The third kappa shape index (κ3) is 2.67. The molecule has 0 aliphatic heterocycles. The maximum Gasteiger partial charge on any atom is 0.0491 e. The molecule has 0 bridgehead atoms. The Hall–Kier alpha value is -2.68. The molecule has 2 atom stereocenters. The van der Waals surface area contributed by atoms with Crippen LogP contribution >= 0.6 is 0 Å². The van der Waals surface area contributed by atoms with Crippen molar-refractivity contribution in [1.82, 2.24) is 0 Å². The van der Waals surface area contributed by atoms with Gasteiger partial charge in [-0.05, 0) is 44.8 Å². The van der Waals surface area contributed by atoms with Gasteiger partial charge in [0.25, 0.3) is 0 Å². The van der Waals surface area contributed by atoms with Crippen LogP contribution in [0.3, 0.4) is 0 Å². The van der Waals surface area contributed by atoms with Gasteiger partial charge in [-0.3, -0.25) is 0 Å². The number of hydrogen-bond acceptors (Lipinski definition) is 2. The molecule has 4 rings (SSSR count). The summed E-state index contributed by atoms with van der Waals surface area (Å²) in [5.74, 6) is 0. The van der Waals surface area contributed by atoms with Crippen LogP contribution in [0.2, 0.25) is 0 Å². The van der Waals surface area contributed by atoms with E-state index in [0.29, 0.717) is 0 Å². The molecule has 0 saturated carbocycles. The van der Waals surface area contributed by atoms with Crippen LogP contribution in [-0.2, 0) is 0 Å². The summed E-state index contributed by atoms with van der Waals surface area (Å²) in [6, 6.07) is 28.8. The van der Waals surface area contributed by atoms with Crippen LogP contribution in [0.5, 0.6) is 0 Å². The lowest BCUT2D eigenvalue weighted by Gasteiger charge is -2.21. The molecule has 0 fully saturated rings. The van der Waals surface area contributed by atoms with E-state index < -0.39 is 0 Å². The fraction of sp³-hybridized carbons (Fsp3) is 0.0909. The first-order chi connectivity index (χ1) is 11.7. The summed E-state index contributed by atoms with van der Waals surface area (Å²) in [5, 5.41) is 4.81. The molecule has 2 nitrogen and oxygen atoms in total. The van der Waals surface area contributed by atoms with Crippen molar-refractivity contribution in [2.75, 3.05) is 0 Å². The molecule has 24 heavy (non-hydrogen) atoms. The molecule has 2 heteroatoms. The number of fused-ring (bicyclic) bond motifs is 2. The molecule has 0 heterocycles. The molecule has 0 aromatic heterocycles. The van der Waals surface area contributed by atoms with E-state index in [1.54, 1.807) is 0 Å². The van der Waals surface area contributed by atoms with Gasteiger partial charge in [-0.1, -0.05) is 72.8 Å². The molecule has 0 spiro atoms. The summed E-state index contributed by atoms with van der Waals surface area (Å²) in [7, 11) is 0. The zero-order chi connectivity index (χ0) is 16.5. The SMILES string of the molecule is NC(c1ccc2ccccc2c1)C(N)c1ccc2ccccc2c1. The van der Waals surface area contributed by atoms with Gasteiger partial charge in [0.2, 0.25) is 0 Å². The Morgan fingerprint density at radius 2 is 0.833 bits per heavy atom. The molecule has 0 aliphatic carbocycles. The maximum atomic E-state index is 6.48. The molecule has 0 aliphatic rings. The summed E-state index contributed by atoms with van der Waals surface area (Å²) in [4.78, 5) is 0. The average molecular weight is 312 g/mol. The van der Waals surface area contributed by atoms with Gasteiger partial charge in [0, 0.05) is 12.1 Å². The van der Waals surface area contributed by atoms with Gasteiger partial charge in [0.05, 0.1) is 0 Å². The zero-order valence-corrected chi connectivity index (χ0v) is 13.4. The number of rotatable bonds is 3. The summed E-state index contributed by atoms with van der Waals surface area (Å²) in [5.41, 5.74) is 15.1. The third-order valence-corrected chi connectivity index (χ3v) is 4.70. The molecular formula is C22H20N2. The van der Waals surface area contributed by atoms with Crippen molar-refractivity contribution < 1.29 is 0 Å². The standard InChI is InChI=1S/C22H20N2/c23-21(19-11-9-15-5-1-3-7-17(15)13-19)22(24)20-12-10-16-6-2-4-8-18(16)14-20/h1-14,21-22H,23-24H2. The number of benzene rings is 4. The molecule has 4 aromatic rings. The smallest absolute Gasteiger partial charge is 0.0491 e. The fourth-order valence-electron chi connectivity index (χ4n) is 3.24. The predicted octanol–water partition coefficient (Wildman–Crippen LogP) is 4.69. The van der Waals surface area contributed by atoms with E-state index in [0.717, 1.165) is 11.1 Å². The van der Waals surface area contributed by atoms with E-state index in [9.17, 15) is 0 Å². The summed E-state index contributed by atoms with van der Waals surface area (Å²) >= 11 is 0. The largest absolute Gasteiger partial charge is 0.322 e.